The van der Waals surface area contributed by atoms with Gasteiger partial charge in [-0.15, -0.1) is 12.4 Å². The van der Waals surface area contributed by atoms with E-state index >= 15 is 0 Å². The van der Waals surface area contributed by atoms with Crippen LogP contribution in [0.1, 0.15) is 20.8 Å². The summed E-state index contributed by atoms with van der Waals surface area (Å²) in [5.74, 6) is -0.832. The van der Waals surface area contributed by atoms with Gasteiger partial charge in [-0.2, -0.15) is 0 Å². The summed E-state index contributed by atoms with van der Waals surface area (Å²) in [4.78, 5) is 10.5. The molecule has 0 aromatic heterocycles. The molecule has 0 spiro atoms. The van der Waals surface area contributed by atoms with Crippen molar-refractivity contribution >= 4 is 18.4 Å². The van der Waals surface area contributed by atoms with Crippen LogP contribution in [0.2, 0.25) is 0 Å². The summed E-state index contributed by atoms with van der Waals surface area (Å²) in [5, 5.41) is 8.66. The van der Waals surface area contributed by atoms with Crippen LogP contribution < -0.4 is 0 Å². The minimum atomic E-state index is -0.832. The van der Waals surface area contributed by atoms with Crippen molar-refractivity contribution in [2.24, 2.45) is 0 Å². The summed E-state index contributed by atoms with van der Waals surface area (Å²) in [6, 6.07) is 0. The van der Waals surface area contributed by atoms with Crippen LogP contribution in [0, 0.1) is 0 Å². The van der Waals surface area contributed by atoms with Crippen molar-refractivity contribution in [1.29, 1.82) is 0 Å². The topological polar surface area (TPSA) is 37.3 Å². The van der Waals surface area contributed by atoms with E-state index in [1.165, 1.54) is 0 Å². The zero-order chi connectivity index (χ0) is 9.78. The number of hydrogen-bond acceptors (Lipinski definition) is 1. The normalized spacial score (nSPS) is 12.2. The fourth-order valence-corrected chi connectivity index (χ4v) is 0.929. The third-order valence-electron chi connectivity index (χ3n) is 2.29. The molecule has 0 aliphatic rings. The number of nitrogens with zero attached hydrogens (tertiary/aromatic N) is 1. The van der Waals surface area contributed by atoms with E-state index in [0.29, 0.717) is 10.1 Å². The predicted molar refractivity (Wildman–Crippen MR) is 55.9 cm³/mol. The average Bonchev–Trinajstić information content (AvgIpc) is 2.04. The average molecular weight is 209 g/mol. The summed E-state index contributed by atoms with van der Waals surface area (Å²) in [7, 11) is 2.02. The van der Waals surface area contributed by atoms with Crippen LogP contribution in [0.5, 0.6) is 0 Å². The molecule has 4 heteroatoms. The van der Waals surface area contributed by atoms with Gasteiger partial charge in [-0.25, -0.2) is 4.79 Å². The molecule has 78 valence electrons. The van der Waals surface area contributed by atoms with E-state index in [-0.39, 0.29) is 12.4 Å². The highest BCUT2D eigenvalue weighted by molar-refractivity contribution is 5.85. The lowest BCUT2D eigenvalue weighted by Crippen LogP contribution is -2.38. The summed E-state index contributed by atoms with van der Waals surface area (Å²) >= 11 is 0. The molecule has 0 saturated carbocycles. The van der Waals surface area contributed by atoms with Crippen LogP contribution in [0.4, 0.5) is 0 Å². The standard InChI is InChI=1S/C9H17NO2.ClH/c1-5-10(4,6-2)7-8(3)9(11)12;/h7H,5-6H2,1-4H3;1H/p+1. The van der Waals surface area contributed by atoms with E-state index in [0.717, 1.165) is 13.1 Å². The highest BCUT2D eigenvalue weighted by atomic mass is 35.5. The first-order chi connectivity index (χ1) is 5.45. The molecule has 3 nitrogen and oxygen atoms in total. The van der Waals surface area contributed by atoms with Crippen molar-refractivity contribution in [3.05, 3.63) is 11.8 Å². The third-order valence-corrected chi connectivity index (χ3v) is 2.29. The molecule has 0 radical (unpaired) electrons. The number of carboxylic acids is 1. The van der Waals surface area contributed by atoms with Gasteiger partial charge in [-0.3, -0.25) is 4.48 Å². The largest absolute Gasteiger partial charge is 0.478 e. The van der Waals surface area contributed by atoms with Gasteiger partial charge in [0.15, 0.2) is 0 Å². The first-order valence-corrected chi connectivity index (χ1v) is 4.22. The molecule has 0 bridgehead atoms. The van der Waals surface area contributed by atoms with Gasteiger partial charge >= 0.3 is 5.97 Å². The van der Waals surface area contributed by atoms with E-state index in [1.807, 2.05) is 7.05 Å². The summed E-state index contributed by atoms with van der Waals surface area (Å²) in [5.41, 5.74) is 0.418. The van der Waals surface area contributed by atoms with Crippen LogP contribution >= 0.6 is 12.4 Å². The summed E-state index contributed by atoms with van der Waals surface area (Å²) in [6.45, 7) is 7.57. The van der Waals surface area contributed by atoms with Crippen LogP contribution in [0.25, 0.3) is 0 Å². The Labute approximate surface area is 86.0 Å². The number of hydrogen-bond donors (Lipinski definition) is 1. The van der Waals surface area contributed by atoms with Gasteiger partial charge < -0.3 is 5.11 Å². The molecule has 0 aromatic rings. The highest BCUT2D eigenvalue weighted by Gasteiger charge is 2.15. The summed E-state index contributed by atoms with van der Waals surface area (Å²) in [6.07, 6.45) is 1.79. The molecule has 13 heavy (non-hydrogen) atoms. The second-order valence-corrected chi connectivity index (χ2v) is 3.23. The lowest BCUT2D eigenvalue weighted by Gasteiger charge is -2.27. The molecule has 0 atom stereocenters. The Balaban J connectivity index is 0. The lowest BCUT2D eigenvalue weighted by atomic mass is 10.3. The smallest absolute Gasteiger partial charge is 0.336 e. The Bertz CT molecular complexity index is 198. The minimum Gasteiger partial charge on any atom is -0.478 e. The minimum absolute atomic E-state index is 0. The Morgan fingerprint density at radius 2 is 1.77 bits per heavy atom. The molecular formula is C9H19ClNO2+. The maximum Gasteiger partial charge on any atom is 0.336 e. The molecule has 0 heterocycles. The van der Waals surface area contributed by atoms with E-state index < -0.39 is 5.97 Å². The molecule has 0 aliphatic carbocycles. The van der Waals surface area contributed by atoms with E-state index in [2.05, 4.69) is 13.8 Å². The monoisotopic (exact) mass is 208 g/mol. The maximum absolute atomic E-state index is 10.5. The second-order valence-electron chi connectivity index (χ2n) is 3.23. The first-order valence-electron chi connectivity index (χ1n) is 4.22. The zero-order valence-electron chi connectivity index (χ0n) is 8.70. The predicted octanol–water partition coefficient (Wildman–Crippen LogP) is 1.88. The van der Waals surface area contributed by atoms with E-state index in [9.17, 15) is 4.79 Å². The quantitative estimate of drug-likeness (QED) is 0.566. The molecule has 0 unspecified atom stereocenters. The molecule has 0 aliphatic heterocycles. The Hall–Kier alpha value is -0.540. The summed E-state index contributed by atoms with van der Waals surface area (Å²) < 4.78 is 0.679. The van der Waals surface area contributed by atoms with Crippen molar-refractivity contribution in [1.82, 2.24) is 0 Å². The molecular weight excluding hydrogens is 190 g/mol. The van der Waals surface area contributed by atoms with Crippen molar-refractivity contribution in [3.8, 4) is 0 Å². The molecule has 0 saturated heterocycles. The number of quaternary nitrogens is 1. The lowest BCUT2D eigenvalue weighted by molar-refractivity contribution is -0.856. The Kier molecular flexibility index (Phi) is 6.90. The van der Waals surface area contributed by atoms with Gasteiger partial charge in [0.05, 0.1) is 25.7 Å². The Morgan fingerprint density at radius 1 is 1.38 bits per heavy atom. The van der Waals surface area contributed by atoms with Crippen LogP contribution in [-0.2, 0) is 4.79 Å². The third kappa shape index (κ3) is 4.90. The van der Waals surface area contributed by atoms with Gasteiger partial charge in [0.2, 0.25) is 0 Å². The van der Waals surface area contributed by atoms with Crippen molar-refractivity contribution < 1.29 is 14.4 Å². The zero-order valence-corrected chi connectivity index (χ0v) is 9.52. The van der Waals surface area contributed by atoms with Gasteiger partial charge in [-0.1, -0.05) is 0 Å². The van der Waals surface area contributed by atoms with E-state index in [1.54, 1.807) is 13.1 Å². The molecule has 0 rings (SSSR count). The van der Waals surface area contributed by atoms with Crippen molar-refractivity contribution in [2.75, 3.05) is 20.1 Å². The Morgan fingerprint density at radius 3 is 2.00 bits per heavy atom. The van der Waals surface area contributed by atoms with Crippen LogP contribution in [0.3, 0.4) is 0 Å². The highest BCUT2D eigenvalue weighted by Crippen LogP contribution is 2.06. The van der Waals surface area contributed by atoms with E-state index in [4.69, 9.17) is 5.11 Å². The number of rotatable bonds is 4. The van der Waals surface area contributed by atoms with Crippen LogP contribution in [-0.4, -0.2) is 35.7 Å². The van der Waals surface area contributed by atoms with Gasteiger partial charge in [0, 0.05) is 0 Å². The van der Waals surface area contributed by atoms with Gasteiger partial charge in [0.25, 0.3) is 0 Å². The second kappa shape index (κ2) is 6.00. The fraction of sp³-hybridized carbons (Fsp3) is 0.667. The van der Waals surface area contributed by atoms with Gasteiger partial charge in [-0.05, 0) is 20.8 Å². The number of carbonyl (C=O) groups is 1. The van der Waals surface area contributed by atoms with Gasteiger partial charge in [0.1, 0.15) is 6.20 Å². The number of halogens is 1. The van der Waals surface area contributed by atoms with Crippen molar-refractivity contribution in [2.45, 2.75) is 20.8 Å². The maximum atomic E-state index is 10.5. The molecule has 0 amide bonds. The molecule has 1 N–H and O–H groups in total. The number of carboxylic acid groups (broad SMARTS) is 1. The molecule has 0 fully saturated rings. The fourth-order valence-electron chi connectivity index (χ4n) is 0.929. The first kappa shape index (κ1) is 15.0. The SMILES string of the molecule is CC[N+](C)(C=C(C)C(=O)O)CC.Cl. The number of aliphatic carboxylic acids is 1. The molecule has 0 aromatic carbocycles. The van der Waals surface area contributed by atoms with Crippen molar-refractivity contribution in [3.63, 3.8) is 0 Å². The van der Waals surface area contributed by atoms with Crippen LogP contribution in [0.15, 0.2) is 11.8 Å².